The van der Waals surface area contributed by atoms with Crippen molar-refractivity contribution in [1.29, 1.82) is 0 Å². The molecule has 0 spiro atoms. The highest BCUT2D eigenvalue weighted by atomic mass is 16.5. The van der Waals surface area contributed by atoms with Gasteiger partial charge in [-0.3, -0.25) is 19.2 Å². The van der Waals surface area contributed by atoms with Crippen molar-refractivity contribution in [1.82, 2.24) is 26.6 Å². The normalized spacial score (nSPS) is 12.3. The molecular weight excluding hydrogens is 454 g/mol. The molecule has 204 valence electrons. The van der Waals surface area contributed by atoms with Gasteiger partial charge in [-0.15, -0.1) is 0 Å². The highest BCUT2D eigenvalue weighted by molar-refractivity contribution is 5.92. The van der Waals surface area contributed by atoms with Crippen molar-refractivity contribution in [2.24, 2.45) is 11.3 Å². The zero-order valence-corrected chi connectivity index (χ0v) is 22.9. The van der Waals surface area contributed by atoms with Crippen molar-refractivity contribution in [3.8, 4) is 0 Å². The third-order valence-electron chi connectivity index (χ3n) is 4.34. The van der Waals surface area contributed by atoms with Crippen molar-refractivity contribution < 1.29 is 28.7 Å². The van der Waals surface area contributed by atoms with Crippen molar-refractivity contribution in [2.75, 3.05) is 26.2 Å². The Morgan fingerprint density at radius 3 is 1.86 bits per heavy atom. The van der Waals surface area contributed by atoms with E-state index < -0.39 is 30.0 Å². The topological polar surface area (TPSA) is 155 Å². The Balaban J connectivity index is 0. The summed E-state index contributed by atoms with van der Waals surface area (Å²) >= 11 is 0. The van der Waals surface area contributed by atoms with Gasteiger partial charge in [0.2, 0.25) is 23.6 Å². The quantitative estimate of drug-likeness (QED) is 0.241. The zero-order chi connectivity index (χ0) is 27.6. The molecule has 0 heterocycles. The Labute approximate surface area is 210 Å². The fourth-order valence-electron chi connectivity index (χ4n) is 2.43. The van der Waals surface area contributed by atoms with Crippen molar-refractivity contribution >= 4 is 29.7 Å². The first-order valence-electron chi connectivity index (χ1n) is 12.3. The van der Waals surface area contributed by atoms with Crippen LogP contribution < -0.4 is 26.6 Å². The Kier molecular flexibility index (Phi) is 18.1. The second-order valence-corrected chi connectivity index (χ2v) is 9.33. The van der Waals surface area contributed by atoms with E-state index >= 15 is 0 Å². The summed E-state index contributed by atoms with van der Waals surface area (Å²) in [7, 11) is 0. The summed E-state index contributed by atoms with van der Waals surface area (Å²) in [4.78, 5) is 59.8. The Hall–Kier alpha value is -2.85. The van der Waals surface area contributed by atoms with E-state index in [0.29, 0.717) is 6.42 Å². The number of nitrogens with one attached hydrogen (secondary N) is 5. The van der Waals surface area contributed by atoms with Crippen LogP contribution in [0.4, 0.5) is 4.79 Å². The molecule has 0 bridgehead atoms. The molecule has 35 heavy (non-hydrogen) atoms. The van der Waals surface area contributed by atoms with Crippen LogP contribution in [-0.2, 0) is 23.9 Å². The largest absolute Gasteiger partial charge is 0.449 e. The fourth-order valence-corrected chi connectivity index (χ4v) is 2.43. The number of amides is 5. The third kappa shape index (κ3) is 18.2. The van der Waals surface area contributed by atoms with E-state index in [4.69, 9.17) is 4.74 Å². The van der Waals surface area contributed by atoms with Gasteiger partial charge >= 0.3 is 6.09 Å². The highest BCUT2D eigenvalue weighted by Crippen LogP contribution is 2.12. The van der Waals surface area contributed by atoms with E-state index in [-0.39, 0.29) is 55.8 Å². The Morgan fingerprint density at radius 2 is 1.34 bits per heavy atom. The lowest BCUT2D eigenvalue weighted by Crippen LogP contribution is -2.55. The standard InChI is InChI=1S/C22H41N5O6.C2H6/c1-8-16(28)23-10-9-17(29)27-18(14(2)3)20(31)26-15(4)19(30)24-11-12-25-21(32)33-13-22(5,6)7;1-2/h14-15,18H,8-13H2,1-7H3,(H,23,28)(H,24,30)(H,25,32)(H,26,31)(H,27,29);1-2H3/t15-,18?;/m0./s1. The van der Waals surface area contributed by atoms with Gasteiger partial charge in [0.05, 0.1) is 6.61 Å². The van der Waals surface area contributed by atoms with Gasteiger partial charge in [-0.1, -0.05) is 55.4 Å². The summed E-state index contributed by atoms with van der Waals surface area (Å²) in [5, 5.41) is 13.0. The molecule has 5 N–H and O–H groups in total. The number of alkyl carbamates (subject to hydrolysis) is 1. The molecule has 0 radical (unpaired) electrons. The fraction of sp³-hybridized carbons (Fsp3) is 0.792. The van der Waals surface area contributed by atoms with Gasteiger partial charge in [0.25, 0.3) is 0 Å². The number of ether oxygens (including phenoxy) is 1. The first-order valence-corrected chi connectivity index (χ1v) is 12.3. The predicted molar refractivity (Wildman–Crippen MR) is 135 cm³/mol. The number of carbonyl (C=O) groups is 5. The van der Waals surface area contributed by atoms with Gasteiger partial charge in [-0.05, 0) is 18.3 Å². The Bertz CT molecular complexity index is 676. The highest BCUT2D eigenvalue weighted by Gasteiger charge is 2.26. The molecule has 0 fully saturated rings. The molecule has 0 rings (SSSR count). The molecule has 0 saturated carbocycles. The lowest BCUT2D eigenvalue weighted by Gasteiger charge is -2.24. The van der Waals surface area contributed by atoms with Gasteiger partial charge in [-0.25, -0.2) is 4.79 Å². The molecule has 0 saturated heterocycles. The van der Waals surface area contributed by atoms with Crippen LogP contribution >= 0.6 is 0 Å². The van der Waals surface area contributed by atoms with Crippen molar-refractivity contribution in [2.45, 2.75) is 87.2 Å². The third-order valence-corrected chi connectivity index (χ3v) is 4.34. The van der Waals surface area contributed by atoms with E-state index in [1.54, 1.807) is 20.8 Å². The first kappa shape index (κ1) is 34.3. The summed E-state index contributed by atoms with van der Waals surface area (Å²) in [5.41, 5.74) is -0.141. The summed E-state index contributed by atoms with van der Waals surface area (Å²) in [5.74, 6) is -1.65. The molecule has 0 aromatic rings. The van der Waals surface area contributed by atoms with Gasteiger partial charge in [0.1, 0.15) is 12.1 Å². The average molecular weight is 502 g/mol. The molecular formula is C24H47N5O6. The maximum Gasteiger partial charge on any atom is 0.407 e. The molecule has 0 aliphatic rings. The van der Waals surface area contributed by atoms with E-state index in [2.05, 4.69) is 26.6 Å². The maximum atomic E-state index is 12.6. The monoisotopic (exact) mass is 501 g/mol. The van der Waals surface area contributed by atoms with Crippen LogP contribution in [0.5, 0.6) is 0 Å². The minimum absolute atomic E-state index is 0.0451. The average Bonchev–Trinajstić information content (AvgIpc) is 2.79. The van der Waals surface area contributed by atoms with E-state index in [1.807, 2.05) is 34.6 Å². The minimum atomic E-state index is -0.840. The van der Waals surface area contributed by atoms with Crippen LogP contribution in [-0.4, -0.2) is 68.0 Å². The second kappa shape index (κ2) is 18.5. The smallest absolute Gasteiger partial charge is 0.407 e. The lowest BCUT2D eigenvalue weighted by molar-refractivity contribution is -0.132. The minimum Gasteiger partial charge on any atom is -0.449 e. The van der Waals surface area contributed by atoms with Gasteiger partial charge in [0.15, 0.2) is 0 Å². The molecule has 0 aliphatic carbocycles. The van der Waals surface area contributed by atoms with Crippen LogP contribution in [0.2, 0.25) is 0 Å². The van der Waals surface area contributed by atoms with Crippen LogP contribution in [0, 0.1) is 11.3 Å². The maximum absolute atomic E-state index is 12.6. The number of hydrogen-bond acceptors (Lipinski definition) is 6. The summed E-state index contributed by atoms with van der Waals surface area (Å²) in [6.07, 6.45) is -0.190. The van der Waals surface area contributed by atoms with Gasteiger partial charge in [0, 0.05) is 32.5 Å². The molecule has 0 aromatic heterocycles. The van der Waals surface area contributed by atoms with Crippen molar-refractivity contribution in [3.63, 3.8) is 0 Å². The SMILES string of the molecule is CC.CCC(=O)NCCC(=O)NC(C(=O)N[C@@H](C)C(=O)NCCNC(=O)OCC(C)(C)C)C(C)C. The molecule has 5 amide bonds. The summed E-state index contributed by atoms with van der Waals surface area (Å²) in [6.45, 7) is 17.4. The van der Waals surface area contributed by atoms with Crippen LogP contribution in [0.25, 0.3) is 0 Å². The van der Waals surface area contributed by atoms with E-state index in [0.717, 1.165) is 0 Å². The molecule has 11 nitrogen and oxygen atoms in total. The summed E-state index contributed by atoms with van der Waals surface area (Å²) < 4.78 is 5.06. The predicted octanol–water partition coefficient (Wildman–Crippen LogP) is 1.46. The lowest BCUT2D eigenvalue weighted by atomic mass is 9.99. The second-order valence-electron chi connectivity index (χ2n) is 9.33. The number of hydrogen-bond donors (Lipinski definition) is 5. The van der Waals surface area contributed by atoms with Crippen LogP contribution in [0.15, 0.2) is 0 Å². The number of rotatable bonds is 13. The Morgan fingerprint density at radius 1 is 0.771 bits per heavy atom. The van der Waals surface area contributed by atoms with Crippen LogP contribution in [0.1, 0.15) is 75.2 Å². The number of carbonyl (C=O) groups excluding carboxylic acids is 5. The molecule has 2 atom stereocenters. The zero-order valence-electron chi connectivity index (χ0n) is 22.9. The van der Waals surface area contributed by atoms with E-state index in [9.17, 15) is 24.0 Å². The summed E-state index contributed by atoms with van der Waals surface area (Å²) in [6, 6.07) is -1.67. The van der Waals surface area contributed by atoms with E-state index in [1.165, 1.54) is 6.92 Å². The van der Waals surface area contributed by atoms with Crippen LogP contribution in [0.3, 0.4) is 0 Å². The van der Waals surface area contributed by atoms with Gasteiger partial charge in [-0.2, -0.15) is 0 Å². The molecule has 0 aliphatic heterocycles. The molecule has 0 aromatic carbocycles. The van der Waals surface area contributed by atoms with Crippen molar-refractivity contribution in [3.05, 3.63) is 0 Å². The molecule has 11 heteroatoms. The molecule has 1 unspecified atom stereocenters. The first-order chi connectivity index (χ1) is 16.3. The van der Waals surface area contributed by atoms with Gasteiger partial charge < -0.3 is 31.3 Å².